The molecule has 6 nitrogen and oxygen atoms in total. The topological polar surface area (TPSA) is 71.8 Å². The van der Waals surface area contributed by atoms with Gasteiger partial charge in [0.1, 0.15) is 17.9 Å². The standard InChI is InChI=1S/C28H28N2O4/c1-28(2)11-10-23-21-13-26(34-16-17-6-4-3-5-7-17)19(18-8-9-18)12-20(21)24-14-25(31)22(27(32)33)15-29(24)30(23)28/h3-7,12-15,18,23H,8-11,16H2,1-2H3,(H,32,33)/t23-/m1/s1. The molecule has 3 heterocycles. The van der Waals surface area contributed by atoms with Gasteiger partial charge in [0.2, 0.25) is 0 Å². The van der Waals surface area contributed by atoms with Gasteiger partial charge in [0.05, 0.1) is 17.3 Å². The number of aromatic nitrogens is 1. The fraction of sp³-hybridized carbons (Fsp3) is 0.357. The molecule has 0 spiro atoms. The van der Waals surface area contributed by atoms with Crippen molar-refractivity contribution in [1.82, 2.24) is 4.68 Å². The van der Waals surface area contributed by atoms with Crippen LogP contribution in [0.3, 0.4) is 0 Å². The van der Waals surface area contributed by atoms with Crippen LogP contribution in [-0.2, 0) is 6.61 Å². The molecule has 1 aliphatic carbocycles. The number of rotatable bonds is 5. The van der Waals surface area contributed by atoms with Crippen molar-refractivity contribution in [3.63, 3.8) is 0 Å². The molecule has 0 unspecified atom stereocenters. The second kappa shape index (κ2) is 7.49. The summed E-state index contributed by atoms with van der Waals surface area (Å²) in [5.41, 5.74) is 4.40. The lowest BCUT2D eigenvalue weighted by molar-refractivity contribution is 0.0694. The van der Waals surface area contributed by atoms with E-state index in [2.05, 4.69) is 43.1 Å². The van der Waals surface area contributed by atoms with Crippen molar-refractivity contribution in [2.75, 3.05) is 5.01 Å². The molecule has 1 saturated carbocycles. The van der Waals surface area contributed by atoms with Crippen molar-refractivity contribution in [1.29, 1.82) is 0 Å². The lowest BCUT2D eigenvalue weighted by Gasteiger charge is -2.44. The Labute approximate surface area is 198 Å². The van der Waals surface area contributed by atoms with Crippen LogP contribution in [0.25, 0.3) is 11.3 Å². The van der Waals surface area contributed by atoms with Crippen LogP contribution in [0.1, 0.15) is 78.5 Å². The van der Waals surface area contributed by atoms with Gasteiger partial charge in [0, 0.05) is 17.8 Å². The van der Waals surface area contributed by atoms with Crippen LogP contribution in [0.15, 0.2) is 59.5 Å². The Morgan fingerprint density at radius 3 is 2.56 bits per heavy atom. The minimum absolute atomic E-state index is 0.0916. The number of carboxylic acid groups (broad SMARTS) is 1. The van der Waals surface area contributed by atoms with Gasteiger partial charge < -0.3 is 9.84 Å². The molecule has 1 saturated heterocycles. The molecule has 6 heteroatoms. The summed E-state index contributed by atoms with van der Waals surface area (Å²) in [6.45, 7) is 4.86. The molecular weight excluding hydrogens is 428 g/mol. The van der Waals surface area contributed by atoms with Gasteiger partial charge in [-0.3, -0.25) is 14.5 Å². The van der Waals surface area contributed by atoms with Crippen LogP contribution >= 0.6 is 0 Å². The highest BCUT2D eigenvalue weighted by atomic mass is 16.5. The van der Waals surface area contributed by atoms with E-state index in [0.29, 0.717) is 12.5 Å². The molecule has 2 aromatic carbocycles. The number of ether oxygens (including phenoxy) is 1. The number of fused-ring (bicyclic) bond motifs is 6. The van der Waals surface area contributed by atoms with E-state index in [9.17, 15) is 14.7 Å². The van der Waals surface area contributed by atoms with E-state index in [4.69, 9.17) is 4.74 Å². The molecule has 2 aliphatic heterocycles. The van der Waals surface area contributed by atoms with E-state index >= 15 is 0 Å². The van der Waals surface area contributed by atoms with E-state index < -0.39 is 11.4 Å². The van der Waals surface area contributed by atoms with Crippen LogP contribution in [0.4, 0.5) is 0 Å². The third-order valence-corrected chi connectivity index (χ3v) is 7.51. The van der Waals surface area contributed by atoms with Gasteiger partial charge in [-0.1, -0.05) is 30.3 Å². The lowest BCUT2D eigenvalue weighted by atomic mass is 9.90. The minimum atomic E-state index is -1.19. The molecule has 174 valence electrons. The first kappa shape index (κ1) is 21.0. The third-order valence-electron chi connectivity index (χ3n) is 7.51. The number of carbonyl (C=O) groups is 1. The number of hydrogen-bond donors (Lipinski definition) is 1. The molecule has 3 aliphatic rings. The van der Waals surface area contributed by atoms with Crippen molar-refractivity contribution in [2.45, 2.75) is 63.6 Å². The Morgan fingerprint density at radius 1 is 1.09 bits per heavy atom. The second-order valence-electron chi connectivity index (χ2n) is 10.3. The van der Waals surface area contributed by atoms with Gasteiger partial charge in [0.15, 0.2) is 5.43 Å². The molecule has 6 rings (SSSR count). The molecule has 34 heavy (non-hydrogen) atoms. The number of aromatic carboxylic acids is 1. The first-order valence-electron chi connectivity index (χ1n) is 12.0. The maximum absolute atomic E-state index is 12.7. The summed E-state index contributed by atoms with van der Waals surface area (Å²) < 4.78 is 8.31. The zero-order valence-corrected chi connectivity index (χ0v) is 19.5. The van der Waals surface area contributed by atoms with Gasteiger partial charge in [-0.25, -0.2) is 4.79 Å². The number of carboxylic acids is 1. The van der Waals surface area contributed by atoms with E-state index in [1.165, 1.54) is 17.8 Å². The molecule has 1 aromatic heterocycles. The predicted octanol–water partition coefficient (Wildman–Crippen LogP) is 5.24. The maximum Gasteiger partial charge on any atom is 0.341 e. The quantitative estimate of drug-likeness (QED) is 0.569. The molecule has 2 fully saturated rings. The summed E-state index contributed by atoms with van der Waals surface area (Å²) >= 11 is 0. The average molecular weight is 457 g/mol. The van der Waals surface area contributed by atoms with Gasteiger partial charge in [-0.05, 0) is 74.3 Å². The van der Waals surface area contributed by atoms with E-state index in [1.54, 1.807) is 0 Å². The van der Waals surface area contributed by atoms with Gasteiger partial charge in [-0.2, -0.15) is 0 Å². The number of benzene rings is 2. The summed E-state index contributed by atoms with van der Waals surface area (Å²) in [4.78, 5) is 24.5. The van der Waals surface area contributed by atoms with Crippen molar-refractivity contribution in [3.8, 4) is 17.0 Å². The molecule has 0 bridgehead atoms. The van der Waals surface area contributed by atoms with Crippen LogP contribution in [0.5, 0.6) is 5.75 Å². The van der Waals surface area contributed by atoms with Gasteiger partial charge >= 0.3 is 5.97 Å². The van der Waals surface area contributed by atoms with E-state index in [0.717, 1.165) is 53.8 Å². The third kappa shape index (κ3) is 3.31. The van der Waals surface area contributed by atoms with Crippen LogP contribution in [0.2, 0.25) is 0 Å². The largest absolute Gasteiger partial charge is 0.489 e. The summed E-state index contributed by atoms with van der Waals surface area (Å²) in [5, 5.41) is 11.8. The van der Waals surface area contributed by atoms with Crippen LogP contribution in [-0.4, -0.2) is 21.3 Å². The normalized spacial score (nSPS) is 19.8. The highest BCUT2D eigenvalue weighted by Gasteiger charge is 2.45. The zero-order chi connectivity index (χ0) is 23.6. The molecule has 1 N–H and O–H groups in total. The van der Waals surface area contributed by atoms with Crippen molar-refractivity contribution in [3.05, 3.63) is 87.2 Å². The SMILES string of the molecule is CC1(C)CC[C@@H]2c3cc(OCc4ccccc4)c(C4CC4)cc3-c3cc(=O)c(C(=O)O)cn3N21. The highest BCUT2D eigenvalue weighted by molar-refractivity contribution is 5.88. The number of hydrogen-bond acceptors (Lipinski definition) is 4. The summed E-state index contributed by atoms with van der Waals surface area (Å²) in [6.07, 6.45) is 5.70. The molecule has 0 radical (unpaired) electrons. The Hall–Kier alpha value is -3.54. The van der Waals surface area contributed by atoms with Gasteiger partial charge in [-0.15, -0.1) is 0 Å². The molecular formula is C28H28N2O4. The molecule has 1 atom stereocenters. The first-order valence-corrected chi connectivity index (χ1v) is 12.0. The number of nitrogens with zero attached hydrogens (tertiary/aromatic N) is 2. The monoisotopic (exact) mass is 456 g/mol. The minimum Gasteiger partial charge on any atom is -0.489 e. The zero-order valence-electron chi connectivity index (χ0n) is 19.5. The average Bonchev–Trinajstić information content (AvgIpc) is 3.61. The summed E-state index contributed by atoms with van der Waals surface area (Å²) in [7, 11) is 0. The summed E-state index contributed by atoms with van der Waals surface area (Å²) in [6, 6.07) is 16.1. The first-order chi connectivity index (χ1) is 16.3. The predicted molar refractivity (Wildman–Crippen MR) is 130 cm³/mol. The fourth-order valence-corrected chi connectivity index (χ4v) is 5.62. The van der Waals surface area contributed by atoms with Crippen LogP contribution < -0.4 is 15.2 Å². The Bertz CT molecular complexity index is 1350. The Morgan fingerprint density at radius 2 is 1.85 bits per heavy atom. The number of pyridine rings is 1. The van der Waals surface area contributed by atoms with E-state index in [1.807, 2.05) is 22.9 Å². The Balaban J connectivity index is 1.52. The van der Waals surface area contributed by atoms with Gasteiger partial charge in [0.25, 0.3) is 0 Å². The smallest absolute Gasteiger partial charge is 0.341 e. The fourth-order valence-electron chi connectivity index (χ4n) is 5.62. The van der Waals surface area contributed by atoms with E-state index in [-0.39, 0.29) is 17.1 Å². The maximum atomic E-state index is 12.7. The Kier molecular flexibility index (Phi) is 4.63. The molecule has 3 aromatic rings. The second-order valence-corrected chi connectivity index (χ2v) is 10.3. The van der Waals surface area contributed by atoms with Crippen molar-refractivity contribution >= 4 is 5.97 Å². The summed E-state index contributed by atoms with van der Waals surface area (Å²) in [5.74, 6) is 0.197. The van der Waals surface area contributed by atoms with Crippen LogP contribution in [0, 0.1) is 0 Å². The van der Waals surface area contributed by atoms with Crippen molar-refractivity contribution in [2.24, 2.45) is 0 Å². The molecule has 0 amide bonds. The highest BCUT2D eigenvalue weighted by Crippen LogP contribution is 2.52. The lowest BCUT2D eigenvalue weighted by Crippen LogP contribution is -2.50. The van der Waals surface area contributed by atoms with Crippen molar-refractivity contribution < 1.29 is 14.6 Å².